The molecule has 0 bridgehead atoms. The number of nitrogens with one attached hydrogen (secondary N) is 3. The minimum atomic E-state index is -0.486. The van der Waals surface area contributed by atoms with Gasteiger partial charge in [0, 0.05) is 59.4 Å². The Morgan fingerprint density at radius 2 is 1.44 bits per heavy atom. The Morgan fingerprint density at radius 1 is 0.836 bits per heavy atom. The van der Waals surface area contributed by atoms with Gasteiger partial charge in [0.15, 0.2) is 10.3 Å². The molecule has 2 aromatic carbocycles. The minimum Gasteiger partial charge on any atom is -0.358 e. The van der Waals surface area contributed by atoms with Crippen molar-refractivity contribution in [1.82, 2.24) is 34.9 Å². The number of carbonyl (C=O) groups excluding carboxylic acids is 4. The van der Waals surface area contributed by atoms with E-state index in [1.165, 1.54) is 35.6 Å². The molecule has 0 aliphatic carbocycles. The standard InChI is InChI=1S/C36H39Cl2F2N9O4S2/c1-41-33(52)30-24(47-5-3-4-18(13-47)31(50)44-35-42-28-22(37)7-20(39)9-26(28)54-35)16-49(30)12-17-6-19(14-48(11-17)25-15-46(2)34(25)53)32(51)45-36-43-29-23(38)8-21(40)10-27(29)55-36/h7-10,17-19,24-25,30H,3-6,11-16H2,1-2H3,(H,41,52)(H,42,44,50)(H,43,45,51). The molecule has 0 radical (unpaired) electrons. The number of carbonyl (C=O) groups is 4. The Morgan fingerprint density at radius 3 is 2.02 bits per heavy atom. The number of fused-ring (bicyclic) bond motifs is 2. The molecule has 2 aromatic heterocycles. The second-order valence-corrected chi connectivity index (χ2v) is 17.8. The summed E-state index contributed by atoms with van der Waals surface area (Å²) in [5, 5.41) is 9.66. The van der Waals surface area contributed by atoms with Crippen LogP contribution in [0, 0.1) is 29.4 Å². The number of piperidine rings is 2. The Hall–Kier alpha value is -3.58. The van der Waals surface area contributed by atoms with E-state index in [9.17, 15) is 28.0 Å². The zero-order valence-electron chi connectivity index (χ0n) is 30.0. The molecule has 4 saturated heterocycles. The average molecular weight is 835 g/mol. The predicted molar refractivity (Wildman–Crippen MR) is 209 cm³/mol. The maximum absolute atomic E-state index is 14.0. The SMILES string of the molecule is CNC(=O)C1C(N2CCCC(C(=O)Nc3nc4c(Cl)cc(F)cc4s3)C2)CN1CC1CC(C(=O)Nc2nc3c(Cl)cc(F)cc3s2)CN(C2CN(C)C2=O)C1. The van der Waals surface area contributed by atoms with Crippen LogP contribution in [-0.2, 0) is 19.2 Å². The summed E-state index contributed by atoms with van der Waals surface area (Å²) in [4.78, 5) is 70.4. The monoisotopic (exact) mass is 833 g/mol. The highest BCUT2D eigenvalue weighted by molar-refractivity contribution is 7.22. The van der Waals surface area contributed by atoms with E-state index in [4.69, 9.17) is 23.2 Å². The molecule has 55 heavy (non-hydrogen) atoms. The zero-order valence-corrected chi connectivity index (χ0v) is 33.1. The van der Waals surface area contributed by atoms with Crippen LogP contribution < -0.4 is 16.0 Å². The molecule has 6 atom stereocenters. The van der Waals surface area contributed by atoms with Gasteiger partial charge in [-0.1, -0.05) is 45.9 Å². The van der Waals surface area contributed by atoms with Crippen molar-refractivity contribution in [3.8, 4) is 0 Å². The Labute approximate surface area is 333 Å². The number of nitrogens with zero attached hydrogens (tertiary/aromatic N) is 6. The number of likely N-dealkylation sites (tertiary alicyclic amines) is 4. The van der Waals surface area contributed by atoms with Crippen LogP contribution in [0.1, 0.15) is 19.3 Å². The lowest BCUT2D eigenvalue weighted by Gasteiger charge is -2.55. The normalized spacial score (nSPS) is 26.5. The van der Waals surface area contributed by atoms with Gasteiger partial charge in [-0.25, -0.2) is 18.7 Å². The van der Waals surface area contributed by atoms with E-state index in [-0.39, 0.29) is 57.6 Å². The maximum atomic E-state index is 14.0. The van der Waals surface area contributed by atoms with Gasteiger partial charge in [-0.2, -0.15) is 0 Å². The number of benzene rings is 2. The molecule has 8 rings (SSSR count). The van der Waals surface area contributed by atoms with Gasteiger partial charge in [0.1, 0.15) is 34.8 Å². The predicted octanol–water partition coefficient (Wildman–Crippen LogP) is 4.36. The second kappa shape index (κ2) is 15.4. The number of amides is 4. The molecule has 0 spiro atoms. The highest BCUT2D eigenvalue weighted by Crippen LogP contribution is 2.37. The van der Waals surface area contributed by atoms with Crippen LogP contribution in [0.4, 0.5) is 19.0 Å². The Bertz CT molecular complexity index is 2190. The summed E-state index contributed by atoms with van der Waals surface area (Å²) in [5.41, 5.74) is 0.854. The van der Waals surface area contributed by atoms with Gasteiger partial charge in [0.25, 0.3) is 0 Å². The first-order valence-corrected chi connectivity index (χ1v) is 20.6. The summed E-state index contributed by atoms with van der Waals surface area (Å²) >= 11 is 14.7. The van der Waals surface area contributed by atoms with E-state index in [0.717, 1.165) is 24.3 Å². The second-order valence-electron chi connectivity index (χ2n) is 14.9. The van der Waals surface area contributed by atoms with Crippen LogP contribution in [0.5, 0.6) is 0 Å². The summed E-state index contributed by atoms with van der Waals surface area (Å²) in [6.07, 6.45) is 2.00. The van der Waals surface area contributed by atoms with Crippen molar-refractivity contribution in [2.75, 3.05) is 70.5 Å². The number of thiazole rings is 2. The molecule has 4 aliphatic rings. The maximum Gasteiger partial charge on any atom is 0.241 e. The fourth-order valence-electron chi connectivity index (χ4n) is 8.50. The largest absolute Gasteiger partial charge is 0.358 e. The molecule has 292 valence electrons. The van der Waals surface area contributed by atoms with Crippen molar-refractivity contribution in [3.05, 3.63) is 45.9 Å². The summed E-state index contributed by atoms with van der Waals surface area (Å²) in [7, 11) is 3.37. The number of β-lactam (4-membered cyclic amide) rings is 1. The quantitative estimate of drug-likeness (QED) is 0.210. The molecule has 19 heteroatoms. The van der Waals surface area contributed by atoms with Gasteiger partial charge in [0.2, 0.25) is 23.6 Å². The number of halogens is 4. The third-order valence-electron chi connectivity index (χ3n) is 11.3. The first-order valence-electron chi connectivity index (χ1n) is 18.2. The Kier molecular flexibility index (Phi) is 10.7. The van der Waals surface area contributed by atoms with Gasteiger partial charge in [0.05, 0.1) is 31.3 Å². The topological polar surface area (TPSA) is 143 Å². The summed E-state index contributed by atoms with van der Waals surface area (Å²) in [6, 6.07) is 4.16. The van der Waals surface area contributed by atoms with E-state index >= 15 is 0 Å². The summed E-state index contributed by atoms with van der Waals surface area (Å²) < 4.78 is 28.9. The lowest BCUT2D eigenvalue weighted by atomic mass is 9.83. The molecule has 6 heterocycles. The van der Waals surface area contributed by atoms with Crippen LogP contribution in [0.25, 0.3) is 20.4 Å². The number of rotatable bonds is 9. The molecular formula is C36H39Cl2F2N9O4S2. The first kappa shape index (κ1) is 38.3. The van der Waals surface area contributed by atoms with Crippen LogP contribution in [0.3, 0.4) is 0 Å². The molecule has 13 nitrogen and oxygen atoms in total. The average Bonchev–Trinajstić information content (AvgIpc) is 3.75. The molecular weight excluding hydrogens is 795 g/mol. The minimum absolute atomic E-state index is 0.0134. The highest BCUT2D eigenvalue weighted by atomic mass is 35.5. The summed E-state index contributed by atoms with van der Waals surface area (Å²) in [6.45, 7) is 3.93. The number of likely N-dealkylation sites (N-methyl/N-ethyl adjacent to an activating group) is 2. The van der Waals surface area contributed by atoms with E-state index in [1.807, 2.05) is 0 Å². The van der Waals surface area contributed by atoms with Crippen molar-refractivity contribution in [1.29, 1.82) is 0 Å². The van der Waals surface area contributed by atoms with Gasteiger partial charge in [-0.3, -0.25) is 33.9 Å². The molecule has 4 fully saturated rings. The Balaban J connectivity index is 0.935. The van der Waals surface area contributed by atoms with Gasteiger partial charge in [-0.15, -0.1) is 0 Å². The van der Waals surface area contributed by atoms with Crippen LogP contribution in [-0.4, -0.2) is 131 Å². The van der Waals surface area contributed by atoms with E-state index < -0.39 is 23.6 Å². The van der Waals surface area contributed by atoms with Gasteiger partial charge >= 0.3 is 0 Å². The van der Waals surface area contributed by atoms with Crippen LogP contribution >= 0.6 is 45.9 Å². The number of hydrogen-bond donors (Lipinski definition) is 3. The van der Waals surface area contributed by atoms with E-state index in [2.05, 4.69) is 40.6 Å². The van der Waals surface area contributed by atoms with Crippen molar-refractivity contribution >= 4 is 100 Å². The van der Waals surface area contributed by atoms with E-state index in [0.29, 0.717) is 82.8 Å². The van der Waals surface area contributed by atoms with Crippen LogP contribution in [0.2, 0.25) is 10.0 Å². The smallest absolute Gasteiger partial charge is 0.241 e. The van der Waals surface area contributed by atoms with Crippen molar-refractivity contribution in [3.63, 3.8) is 0 Å². The first-order chi connectivity index (χ1) is 26.3. The highest BCUT2D eigenvalue weighted by Gasteiger charge is 2.50. The lowest BCUT2D eigenvalue weighted by molar-refractivity contribution is -0.152. The molecule has 6 unspecified atom stereocenters. The van der Waals surface area contributed by atoms with Crippen molar-refractivity contribution < 1.29 is 28.0 Å². The molecule has 4 amide bonds. The van der Waals surface area contributed by atoms with Crippen molar-refractivity contribution in [2.24, 2.45) is 17.8 Å². The zero-order chi connectivity index (χ0) is 38.7. The number of hydrogen-bond acceptors (Lipinski definition) is 11. The van der Waals surface area contributed by atoms with E-state index in [1.54, 1.807) is 19.0 Å². The molecule has 0 saturated carbocycles. The molecule has 3 N–H and O–H groups in total. The lowest BCUT2D eigenvalue weighted by Crippen LogP contribution is -2.73. The third-order valence-corrected chi connectivity index (χ3v) is 13.7. The van der Waals surface area contributed by atoms with Gasteiger partial charge < -0.3 is 20.9 Å². The molecule has 4 aromatic rings. The summed E-state index contributed by atoms with van der Waals surface area (Å²) in [5.74, 6) is -2.30. The third kappa shape index (κ3) is 7.64. The van der Waals surface area contributed by atoms with Crippen LogP contribution in [0.15, 0.2) is 24.3 Å². The number of aromatic nitrogens is 2. The molecule has 4 aliphatic heterocycles. The fourth-order valence-corrected chi connectivity index (χ4v) is 10.9. The fraction of sp³-hybridized carbons (Fsp3) is 0.500. The van der Waals surface area contributed by atoms with Gasteiger partial charge in [-0.05, 0) is 56.0 Å². The van der Waals surface area contributed by atoms with Crippen molar-refractivity contribution in [2.45, 2.75) is 37.4 Å². The number of anilines is 2.